The van der Waals surface area contributed by atoms with E-state index in [9.17, 15) is 21.6 Å². The lowest BCUT2D eigenvalue weighted by Gasteiger charge is -2.00. The summed E-state index contributed by atoms with van der Waals surface area (Å²) in [6, 6.07) is 0. The molecule has 0 saturated heterocycles. The van der Waals surface area contributed by atoms with Crippen molar-refractivity contribution in [2.45, 2.75) is 6.18 Å². The van der Waals surface area contributed by atoms with Crippen molar-refractivity contribution < 1.29 is 26.1 Å². The van der Waals surface area contributed by atoms with Gasteiger partial charge in [-0.1, -0.05) is 0 Å². The first-order valence-corrected chi connectivity index (χ1v) is 4.68. The normalized spacial score (nSPS) is 12.3. The highest BCUT2D eigenvalue weighted by Gasteiger charge is 2.33. The minimum atomic E-state index is -4.91. The average molecular weight is 223 g/mol. The van der Waals surface area contributed by atoms with Gasteiger partial charge in [0.15, 0.2) is 5.75 Å². The number of rotatable bonds is 1. The zero-order chi connectivity index (χ0) is 11.3. The van der Waals surface area contributed by atoms with Gasteiger partial charge < -0.3 is 4.90 Å². The molecule has 4 nitrogen and oxygen atoms in total. The van der Waals surface area contributed by atoms with Gasteiger partial charge in [0.2, 0.25) is 0 Å². The van der Waals surface area contributed by atoms with Crippen LogP contribution < -0.4 is 0 Å². The highest BCUT2D eigenvalue weighted by atomic mass is 32.2. The largest absolute Gasteiger partial charge is 0.405 e. The van der Waals surface area contributed by atoms with E-state index in [4.69, 9.17) is 4.55 Å². The lowest BCUT2D eigenvalue weighted by Crippen LogP contribution is -2.21. The Labute approximate surface area is 75.1 Å². The molecule has 0 unspecified atom stereocenters. The SMILES string of the molecule is CN(C)C.O=S(=O)(O)CC(F)(F)F. The Hall–Kier alpha value is -0.340. The average Bonchev–Trinajstić information content (AvgIpc) is 1.47. The summed E-state index contributed by atoms with van der Waals surface area (Å²) in [7, 11) is 1.09. The maximum Gasteiger partial charge on any atom is 0.405 e. The van der Waals surface area contributed by atoms with Gasteiger partial charge in [-0.05, 0) is 21.1 Å². The molecule has 8 heteroatoms. The predicted molar refractivity (Wildman–Crippen MR) is 42.1 cm³/mol. The van der Waals surface area contributed by atoms with Crippen molar-refractivity contribution in [2.75, 3.05) is 26.9 Å². The number of nitrogens with zero attached hydrogens (tertiary/aromatic N) is 1. The van der Waals surface area contributed by atoms with Crippen LogP contribution in [0.3, 0.4) is 0 Å². The van der Waals surface area contributed by atoms with Gasteiger partial charge >= 0.3 is 6.18 Å². The number of alkyl halides is 3. The van der Waals surface area contributed by atoms with Crippen LogP contribution in [0.4, 0.5) is 13.2 Å². The van der Waals surface area contributed by atoms with E-state index in [-0.39, 0.29) is 0 Å². The van der Waals surface area contributed by atoms with E-state index in [2.05, 4.69) is 0 Å². The Balaban J connectivity index is 0. The van der Waals surface area contributed by atoms with Gasteiger partial charge in [-0.25, -0.2) is 0 Å². The molecule has 0 spiro atoms. The van der Waals surface area contributed by atoms with Gasteiger partial charge in [0.05, 0.1) is 0 Å². The van der Waals surface area contributed by atoms with Crippen molar-refractivity contribution in [3.05, 3.63) is 0 Å². The maximum absolute atomic E-state index is 11.0. The van der Waals surface area contributed by atoms with Crippen molar-refractivity contribution in [3.63, 3.8) is 0 Å². The second-order valence-corrected chi connectivity index (χ2v) is 4.14. The summed E-state index contributed by atoms with van der Waals surface area (Å²) in [5, 5.41) is 0. The standard InChI is InChI=1S/C3H9N.C2H3F3O3S/c1-4(2)3;3-2(4,5)1-9(6,7)8/h1-3H3;1H2,(H,6,7,8). The minimum Gasteiger partial charge on any atom is -0.312 e. The first kappa shape index (κ1) is 15.1. The number of halogens is 3. The Bertz CT molecular complexity index is 219. The molecule has 0 aromatic rings. The van der Waals surface area contributed by atoms with Crippen LogP contribution in [0.1, 0.15) is 0 Å². The van der Waals surface area contributed by atoms with Gasteiger partial charge in [0.25, 0.3) is 10.1 Å². The van der Waals surface area contributed by atoms with Gasteiger partial charge in [-0.15, -0.1) is 0 Å². The molecule has 0 aliphatic rings. The first-order valence-electron chi connectivity index (χ1n) is 3.07. The van der Waals surface area contributed by atoms with Crippen LogP contribution in [0.25, 0.3) is 0 Å². The van der Waals surface area contributed by atoms with E-state index < -0.39 is 22.0 Å². The number of hydrogen-bond acceptors (Lipinski definition) is 3. The van der Waals surface area contributed by atoms with E-state index in [1.165, 1.54) is 0 Å². The summed E-state index contributed by atoms with van der Waals surface area (Å²) in [5.41, 5.74) is 0. The predicted octanol–water partition coefficient (Wildman–Crippen LogP) is 0.614. The third-order valence-corrected chi connectivity index (χ3v) is 1.04. The minimum absolute atomic E-state index is 2.00. The van der Waals surface area contributed by atoms with Gasteiger partial charge in [-0.2, -0.15) is 21.6 Å². The molecule has 0 aromatic carbocycles. The molecule has 0 atom stereocenters. The summed E-state index contributed by atoms with van der Waals surface area (Å²) in [5.74, 6) is -2.18. The molecule has 0 fully saturated rings. The van der Waals surface area contributed by atoms with Crippen LogP contribution in [0.15, 0.2) is 0 Å². The van der Waals surface area contributed by atoms with Gasteiger partial charge in [0, 0.05) is 0 Å². The molecule has 0 bridgehead atoms. The van der Waals surface area contributed by atoms with Crippen molar-refractivity contribution in [1.29, 1.82) is 0 Å². The van der Waals surface area contributed by atoms with Crippen LogP contribution in [-0.2, 0) is 10.1 Å². The van der Waals surface area contributed by atoms with Crippen molar-refractivity contribution in [2.24, 2.45) is 0 Å². The fraction of sp³-hybridized carbons (Fsp3) is 1.00. The van der Waals surface area contributed by atoms with Gasteiger partial charge in [0.1, 0.15) is 0 Å². The van der Waals surface area contributed by atoms with Crippen LogP contribution in [0.5, 0.6) is 0 Å². The third kappa shape index (κ3) is 34.0. The van der Waals surface area contributed by atoms with E-state index in [0.29, 0.717) is 0 Å². The van der Waals surface area contributed by atoms with Crippen molar-refractivity contribution in [3.8, 4) is 0 Å². The lowest BCUT2D eigenvalue weighted by molar-refractivity contribution is -0.107. The molecule has 13 heavy (non-hydrogen) atoms. The van der Waals surface area contributed by atoms with E-state index in [0.717, 1.165) is 0 Å². The summed E-state index contributed by atoms with van der Waals surface area (Å²) >= 11 is 0. The molecule has 0 aliphatic carbocycles. The summed E-state index contributed by atoms with van der Waals surface area (Å²) < 4.78 is 59.6. The van der Waals surface area contributed by atoms with E-state index >= 15 is 0 Å². The number of hydrogen-bond donors (Lipinski definition) is 1. The molecule has 0 aromatic heterocycles. The summed E-state index contributed by atoms with van der Waals surface area (Å²) in [4.78, 5) is 2.00. The molecule has 0 radical (unpaired) electrons. The van der Waals surface area contributed by atoms with E-state index in [1.54, 1.807) is 0 Å². The smallest absolute Gasteiger partial charge is 0.312 e. The highest BCUT2D eigenvalue weighted by Crippen LogP contribution is 2.15. The van der Waals surface area contributed by atoms with Crippen LogP contribution in [0, 0.1) is 0 Å². The van der Waals surface area contributed by atoms with Crippen LogP contribution in [0.2, 0.25) is 0 Å². The Morgan fingerprint density at radius 1 is 1.23 bits per heavy atom. The maximum atomic E-state index is 11.0. The Morgan fingerprint density at radius 2 is 1.46 bits per heavy atom. The quantitative estimate of drug-likeness (QED) is 0.662. The Morgan fingerprint density at radius 3 is 1.46 bits per heavy atom. The van der Waals surface area contributed by atoms with Crippen LogP contribution >= 0.6 is 0 Å². The van der Waals surface area contributed by atoms with Crippen LogP contribution in [-0.4, -0.2) is 50.9 Å². The van der Waals surface area contributed by atoms with Crippen molar-refractivity contribution in [1.82, 2.24) is 4.90 Å². The monoisotopic (exact) mass is 223 g/mol. The first-order chi connectivity index (χ1) is 5.44. The molecular weight excluding hydrogens is 211 g/mol. The highest BCUT2D eigenvalue weighted by molar-refractivity contribution is 7.85. The zero-order valence-electron chi connectivity index (χ0n) is 7.46. The fourth-order valence-electron chi connectivity index (χ4n) is 0.207. The molecule has 0 saturated carbocycles. The molecule has 0 rings (SSSR count). The second-order valence-electron chi connectivity index (χ2n) is 2.68. The molecular formula is C5H12F3NO3S. The molecule has 1 N–H and O–H groups in total. The molecule has 0 aliphatic heterocycles. The molecule has 82 valence electrons. The molecule has 0 heterocycles. The fourth-order valence-corrected chi connectivity index (χ4v) is 0.620. The topological polar surface area (TPSA) is 57.6 Å². The zero-order valence-corrected chi connectivity index (χ0v) is 8.28. The second kappa shape index (κ2) is 5.40. The van der Waals surface area contributed by atoms with Crippen molar-refractivity contribution >= 4 is 10.1 Å². The summed E-state index contributed by atoms with van der Waals surface area (Å²) in [6.45, 7) is 0. The molecule has 0 amide bonds. The van der Waals surface area contributed by atoms with E-state index in [1.807, 2.05) is 26.0 Å². The Kier molecular flexibility index (Phi) is 6.30. The third-order valence-electron chi connectivity index (χ3n) is 0.346. The summed E-state index contributed by atoms with van der Waals surface area (Å²) in [6.07, 6.45) is -4.85. The van der Waals surface area contributed by atoms with Gasteiger partial charge in [-0.3, -0.25) is 4.55 Å². The lowest BCUT2D eigenvalue weighted by atomic mass is 10.8.